The number of pyridine rings is 2. The molecule has 1 aliphatic heterocycles. The van der Waals surface area contributed by atoms with Crippen molar-refractivity contribution in [1.82, 2.24) is 25.5 Å². The number of hydrogen-bond acceptors (Lipinski definition) is 5. The van der Waals surface area contributed by atoms with Crippen molar-refractivity contribution in [3.8, 4) is 23.7 Å². The molecule has 4 rings (SSSR count). The van der Waals surface area contributed by atoms with Crippen molar-refractivity contribution < 1.29 is 0 Å². The second-order valence-electron chi connectivity index (χ2n) is 5.81. The third-order valence-corrected chi connectivity index (χ3v) is 4.22. The van der Waals surface area contributed by atoms with E-state index < -0.39 is 0 Å². The molecule has 4 heterocycles. The standard InChI is InChI=1S/C18H18N6/c1-2-13-11-14-17(22-23-18(14)20-12-13)15-5-3-6-16(21-15)24-9-4-7-19-8-10-24/h1,3,5-6,11-12,19H,4,7-10H2,(H,20,22,23). The molecule has 6 heteroatoms. The molecule has 24 heavy (non-hydrogen) atoms. The lowest BCUT2D eigenvalue weighted by atomic mass is 10.1. The first kappa shape index (κ1) is 14.7. The van der Waals surface area contributed by atoms with E-state index in [1.165, 1.54) is 0 Å². The molecule has 0 unspecified atom stereocenters. The number of anilines is 1. The van der Waals surface area contributed by atoms with Gasteiger partial charge in [0.15, 0.2) is 5.65 Å². The number of terminal acetylenes is 1. The van der Waals surface area contributed by atoms with Crippen molar-refractivity contribution in [3.05, 3.63) is 36.0 Å². The molecular formula is C18H18N6. The third-order valence-electron chi connectivity index (χ3n) is 4.22. The first-order valence-electron chi connectivity index (χ1n) is 8.09. The lowest BCUT2D eigenvalue weighted by Crippen LogP contribution is -2.28. The summed E-state index contributed by atoms with van der Waals surface area (Å²) in [6.45, 7) is 4.00. The maximum atomic E-state index is 5.49. The van der Waals surface area contributed by atoms with Gasteiger partial charge < -0.3 is 10.2 Å². The topological polar surface area (TPSA) is 69.7 Å². The summed E-state index contributed by atoms with van der Waals surface area (Å²) in [6.07, 6.45) is 8.27. The van der Waals surface area contributed by atoms with Gasteiger partial charge in [-0.3, -0.25) is 5.10 Å². The Bertz CT molecular complexity index is 899. The SMILES string of the molecule is C#Cc1cnc2[nH]nc(-c3cccc(N4CCCNCC4)n3)c2c1. The van der Waals surface area contributed by atoms with Gasteiger partial charge in [0.2, 0.25) is 0 Å². The molecule has 0 radical (unpaired) electrons. The predicted octanol–water partition coefficient (Wildman–Crippen LogP) is 1.80. The van der Waals surface area contributed by atoms with E-state index in [1.54, 1.807) is 6.20 Å². The van der Waals surface area contributed by atoms with Crippen molar-refractivity contribution >= 4 is 16.9 Å². The molecule has 6 nitrogen and oxygen atoms in total. The van der Waals surface area contributed by atoms with Crippen LogP contribution in [0.4, 0.5) is 5.82 Å². The summed E-state index contributed by atoms with van der Waals surface area (Å²) in [5.74, 6) is 3.60. The zero-order chi connectivity index (χ0) is 16.4. The largest absolute Gasteiger partial charge is 0.355 e. The number of H-pyrrole nitrogens is 1. The fourth-order valence-electron chi connectivity index (χ4n) is 2.98. The molecule has 0 bridgehead atoms. The van der Waals surface area contributed by atoms with Gasteiger partial charge in [0.25, 0.3) is 0 Å². The molecule has 1 aliphatic rings. The molecule has 120 valence electrons. The Balaban J connectivity index is 1.74. The molecule has 0 aromatic carbocycles. The summed E-state index contributed by atoms with van der Waals surface area (Å²) in [4.78, 5) is 11.4. The van der Waals surface area contributed by atoms with Gasteiger partial charge in [-0.1, -0.05) is 12.0 Å². The van der Waals surface area contributed by atoms with Gasteiger partial charge in [0.1, 0.15) is 11.5 Å². The summed E-state index contributed by atoms with van der Waals surface area (Å²) in [6, 6.07) is 7.97. The number of rotatable bonds is 2. The van der Waals surface area contributed by atoms with Gasteiger partial charge in [-0.05, 0) is 31.2 Å². The number of hydrogen-bond donors (Lipinski definition) is 2. The normalized spacial score (nSPS) is 15.2. The van der Waals surface area contributed by atoms with Crippen molar-refractivity contribution in [1.29, 1.82) is 0 Å². The summed E-state index contributed by atoms with van der Waals surface area (Å²) in [5.41, 5.74) is 3.06. The Morgan fingerprint density at radius 1 is 1.21 bits per heavy atom. The van der Waals surface area contributed by atoms with Crippen LogP contribution in [0.5, 0.6) is 0 Å². The van der Waals surface area contributed by atoms with Crippen molar-refractivity contribution in [2.45, 2.75) is 6.42 Å². The van der Waals surface area contributed by atoms with Crippen LogP contribution < -0.4 is 10.2 Å². The number of fused-ring (bicyclic) bond motifs is 1. The molecule has 0 spiro atoms. The molecule has 2 N–H and O–H groups in total. The van der Waals surface area contributed by atoms with Gasteiger partial charge in [0, 0.05) is 36.8 Å². The van der Waals surface area contributed by atoms with E-state index in [1.807, 2.05) is 18.2 Å². The molecule has 0 atom stereocenters. The molecule has 1 fully saturated rings. The minimum Gasteiger partial charge on any atom is -0.355 e. The summed E-state index contributed by atoms with van der Waals surface area (Å²) in [7, 11) is 0. The lowest BCUT2D eigenvalue weighted by molar-refractivity contribution is 0.724. The van der Waals surface area contributed by atoms with Crippen LogP contribution >= 0.6 is 0 Å². The molecule has 1 saturated heterocycles. The van der Waals surface area contributed by atoms with Crippen molar-refractivity contribution in [2.24, 2.45) is 0 Å². The molecule has 0 amide bonds. The van der Waals surface area contributed by atoms with Crippen LogP contribution in [0.1, 0.15) is 12.0 Å². The Morgan fingerprint density at radius 2 is 2.17 bits per heavy atom. The van der Waals surface area contributed by atoms with Crippen LogP contribution in [-0.4, -0.2) is 46.3 Å². The van der Waals surface area contributed by atoms with Gasteiger partial charge in [-0.15, -0.1) is 6.42 Å². The van der Waals surface area contributed by atoms with E-state index in [-0.39, 0.29) is 0 Å². The van der Waals surface area contributed by atoms with Crippen LogP contribution in [0, 0.1) is 12.3 Å². The maximum absolute atomic E-state index is 5.49. The van der Waals surface area contributed by atoms with E-state index in [4.69, 9.17) is 11.4 Å². The van der Waals surface area contributed by atoms with Gasteiger partial charge in [-0.25, -0.2) is 9.97 Å². The highest BCUT2D eigenvalue weighted by atomic mass is 15.2. The second kappa shape index (κ2) is 6.30. The van der Waals surface area contributed by atoms with E-state index in [0.29, 0.717) is 0 Å². The number of nitrogens with zero attached hydrogens (tertiary/aromatic N) is 4. The number of aromatic nitrogens is 4. The van der Waals surface area contributed by atoms with Crippen molar-refractivity contribution in [2.75, 3.05) is 31.1 Å². The summed E-state index contributed by atoms with van der Waals surface area (Å²) < 4.78 is 0. The smallest absolute Gasteiger partial charge is 0.155 e. The fourth-order valence-corrected chi connectivity index (χ4v) is 2.98. The first-order chi connectivity index (χ1) is 11.8. The molecule has 0 aliphatic carbocycles. The van der Waals surface area contributed by atoms with E-state index in [2.05, 4.69) is 37.4 Å². The van der Waals surface area contributed by atoms with Gasteiger partial charge in [0.05, 0.1) is 5.69 Å². The molecule has 3 aromatic rings. The molecular weight excluding hydrogens is 300 g/mol. The second-order valence-corrected chi connectivity index (χ2v) is 5.81. The minimum atomic E-state index is 0.718. The van der Waals surface area contributed by atoms with Crippen molar-refractivity contribution in [3.63, 3.8) is 0 Å². The third kappa shape index (κ3) is 2.70. The Hall–Kier alpha value is -2.91. The highest BCUT2D eigenvalue weighted by Crippen LogP contribution is 2.26. The number of aromatic amines is 1. The highest BCUT2D eigenvalue weighted by Gasteiger charge is 2.14. The van der Waals surface area contributed by atoms with Gasteiger partial charge in [-0.2, -0.15) is 5.10 Å². The Morgan fingerprint density at radius 3 is 3.08 bits per heavy atom. The van der Waals surface area contributed by atoms with Crippen LogP contribution in [0.3, 0.4) is 0 Å². The maximum Gasteiger partial charge on any atom is 0.155 e. The van der Waals surface area contributed by atoms with E-state index in [0.717, 1.165) is 66.4 Å². The average Bonchev–Trinajstić information content (AvgIpc) is 2.86. The average molecular weight is 318 g/mol. The fraction of sp³-hybridized carbons (Fsp3) is 0.278. The molecule has 0 saturated carbocycles. The first-order valence-corrected chi connectivity index (χ1v) is 8.09. The summed E-state index contributed by atoms with van der Waals surface area (Å²) in [5, 5.41) is 11.7. The van der Waals surface area contributed by atoms with Crippen LogP contribution in [0.2, 0.25) is 0 Å². The predicted molar refractivity (Wildman–Crippen MR) is 94.8 cm³/mol. The highest BCUT2D eigenvalue weighted by molar-refractivity contribution is 5.90. The van der Waals surface area contributed by atoms with Crippen LogP contribution in [0.15, 0.2) is 30.5 Å². The Labute approximate surface area is 140 Å². The monoisotopic (exact) mass is 318 g/mol. The number of nitrogens with one attached hydrogen (secondary N) is 2. The zero-order valence-corrected chi connectivity index (χ0v) is 13.3. The van der Waals surface area contributed by atoms with E-state index >= 15 is 0 Å². The van der Waals surface area contributed by atoms with Gasteiger partial charge >= 0.3 is 0 Å². The van der Waals surface area contributed by atoms with Crippen LogP contribution in [-0.2, 0) is 0 Å². The quantitative estimate of drug-likeness (QED) is 0.705. The zero-order valence-electron chi connectivity index (χ0n) is 13.3. The Kier molecular flexibility index (Phi) is 3.85. The van der Waals surface area contributed by atoms with E-state index in [9.17, 15) is 0 Å². The lowest BCUT2D eigenvalue weighted by Gasteiger charge is -2.21. The molecule has 3 aromatic heterocycles. The summed E-state index contributed by atoms with van der Waals surface area (Å²) >= 11 is 0. The minimum absolute atomic E-state index is 0.718. The van der Waals surface area contributed by atoms with Crippen LogP contribution in [0.25, 0.3) is 22.4 Å².